The first-order valence-electron chi connectivity index (χ1n) is 9.36. The van der Waals surface area contributed by atoms with Crippen molar-refractivity contribution in [3.05, 3.63) is 81.5 Å². The van der Waals surface area contributed by atoms with Crippen LogP contribution in [-0.2, 0) is 15.1 Å². The van der Waals surface area contributed by atoms with E-state index in [2.05, 4.69) is 35.0 Å². The van der Waals surface area contributed by atoms with Gasteiger partial charge in [-0.05, 0) is 63.4 Å². The molecule has 0 bridgehead atoms. The fourth-order valence-corrected chi connectivity index (χ4v) is 4.75. The second-order valence-corrected chi connectivity index (χ2v) is 9.31. The van der Waals surface area contributed by atoms with Crippen molar-refractivity contribution in [2.24, 2.45) is 0 Å². The number of rotatable bonds is 6. The Morgan fingerprint density at radius 1 is 0.964 bits per heavy atom. The number of hydrogen-bond donors (Lipinski definition) is 0. The van der Waals surface area contributed by atoms with Gasteiger partial charge in [-0.15, -0.1) is 0 Å². The van der Waals surface area contributed by atoms with E-state index in [9.17, 15) is 4.79 Å². The Bertz CT molecular complexity index is 931. The monoisotopic (exact) mass is 395 g/mol. The molecule has 3 nitrogen and oxygen atoms in total. The average Bonchev–Trinajstić information content (AvgIpc) is 3.15. The Balaban J connectivity index is 1.66. The lowest BCUT2D eigenvalue weighted by molar-refractivity contribution is -0.159. The largest absolute Gasteiger partial charge is 0.481 e. The predicted molar refractivity (Wildman–Crippen MR) is 116 cm³/mol. The van der Waals surface area contributed by atoms with Crippen LogP contribution in [0.3, 0.4) is 0 Å². The second kappa shape index (κ2) is 8.19. The highest BCUT2D eigenvalue weighted by Crippen LogP contribution is 2.36. The van der Waals surface area contributed by atoms with Crippen LogP contribution >= 0.6 is 10.5 Å². The summed E-state index contributed by atoms with van der Waals surface area (Å²) in [6.45, 7) is 9.74. The molecular weight excluding hydrogens is 368 g/mol. The van der Waals surface area contributed by atoms with Gasteiger partial charge in [-0.25, -0.2) is 4.79 Å². The number of esters is 1. The zero-order chi connectivity index (χ0) is 20.3. The lowest BCUT2D eigenvalue weighted by Crippen LogP contribution is -2.28. The van der Waals surface area contributed by atoms with Gasteiger partial charge in [-0.2, -0.15) is 0 Å². The minimum atomic E-state index is -0.704. The number of ether oxygens (including phenoxy) is 2. The molecular formula is C24H27O3S+. The molecule has 0 spiro atoms. The molecule has 0 aliphatic rings. The highest BCUT2D eigenvalue weighted by molar-refractivity contribution is 7.36. The third-order valence-corrected chi connectivity index (χ3v) is 6.40. The topological polar surface area (TPSA) is 35.5 Å². The smallest absolute Gasteiger partial charge is 0.345 e. The molecule has 0 atom stereocenters. The first-order chi connectivity index (χ1) is 13.3. The van der Waals surface area contributed by atoms with Crippen LogP contribution in [0.1, 0.15) is 36.1 Å². The van der Waals surface area contributed by atoms with E-state index in [-0.39, 0.29) is 23.0 Å². The van der Waals surface area contributed by atoms with Crippen molar-refractivity contribution in [3.8, 4) is 10.6 Å². The van der Waals surface area contributed by atoms with Gasteiger partial charge in [0.1, 0.15) is 22.1 Å². The van der Waals surface area contributed by atoms with Crippen LogP contribution in [0.25, 0.3) is 4.90 Å². The summed E-state index contributed by atoms with van der Waals surface area (Å²) in [7, 11) is 0.0231. The maximum Gasteiger partial charge on any atom is 0.345 e. The third-order valence-electron chi connectivity index (χ3n) is 4.72. The number of hydrogen-bond acceptors (Lipinski definition) is 3. The Labute approximate surface area is 169 Å². The molecule has 0 amide bonds. The van der Waals surface area contributed by atoms with Gasteiger partial charge in [-0.1, -0.05) is 29.8 Å². The van der Waals surface area contributed by atoms with Crippen LogP contribution in [0.2, 0.25) is 0 Å². The van der Waals surface area contributed by atoms with Gasteiger partial charge in [0.15, 0.2) is 11.5 Å². The molecule has 3 aromatic rings. The summed E-state index contributed by atoms with van der Waals surface area (Å²) in [5.74, 6) is 0.376. The molecule has 0 radical (unpaired) electrons. The zero-order valence-corrected chi connectivity index (χ0v) is 17.9. The van der Waals surface area contributed by atoms with Gasteiger partial charge in [0.25, 0.3) is 0 Å². The van der Waals surface area contributed by atoms with E-state index in [4.69, 9.17) is 9.47 Å². The van der Waals surface area contributed by atoms with Crippen molar-refractivity contribution in [1.82, 2.24) is 0 Å². The summed E-state index contributed by atoms with van der Waals surface area (Å²) in [4.78, 5) is 13.7. The van der Waals surface area contributed by atoms with Crippen LogP contribution in [0.5, 0.6) is 5.75 Å². The van der Waals surface area contributed by atoms with Crippen LogP contribution in [-0.4, -0.2) is 12.6 Å². The van der Waals surface area contributed by atoms with Gasteiger partial charge in [-0.3, -0.25) is 0 Å². The van der Waals surface area contributed by atoms with Gasteiger partial charge < -0.3 is 9.47 Å². The van der Waals surface area contributed by atoms with Crippen LogP contribution in [0.15, 0.2) is 59.3 Å². The SMILES string of the molecule is Cc1ccc(C(C)(C)OC(=O)COc2c(C)cc(-[s+]3cccc3)cc2C)cc1. The summed E-state index contributed by atoms with van der Waals surface area (Å²) in [5.41, 5.74) is 3.49. The molecule has 0 saturated heterocycles. The van der Waals surface area contributed by atoms with Crippen molar-refractivity contribution < 1.29 is 14.3 Å². The molecule has 0 aliphatic carbocycles. The van der Waals surface area contributed by atoms with Gasteiger partial charge in [0.05, 0.1) is 0 Å². The molecule has 146 valence electrons. The number of carbonyl (C=O) groups is 1. The van der Waals surface area contributed by atoms with E-state index in [0.29, 0.717) is 0 Å². The summed E-state index contributed by atoms with van der Waals surface area (Å²) >= 11 is 0. The van der Waals surface area contributed by atoms with E-state index in [0.717, 1.165) is 22.4 Å². The molecule has 28 heavy (non-hydrogen) atoms. The maximum absolute atomic E-state index is 12.4. The van der Waals surface area contributed by atoms with Crippen LogP contribution in [0.4, 0.5) is 0 Å². The number of benzene rings is 2. The van der Waals surface area contributed by atoms with E-state index in [1.165, 1.54) is 10.5 Å². The van der Waals surface area contributed by atoms with E-state index >= 15 is 0 Å². The molecule has 1 aromatic heterocycles. The Morgan fingerprint density at radius 2 is 1.54 bits per heavy atom. The average molecular weight is 396 g/mol. The Hall–Kier alpha value is -2.59. The van der Waals surface area contributed by atoms with Gasteiger partial charge in [0, 0.05) is 22.6 Å². The van der Waals surface area contributed by atoms with E-state index in [1.807, 2.05) is 58.9 Å². The maximum atomic E-state index is 12.4. The first kappa shape index (κ1) is 20.2. The molecule has 4 heteroatoms. The summed E-state index contributed by atoms with van der Waals surface area (Å²) < 4.78 is 11.5. The second-order valence-electron chi connectivity index (χ2n) is 7.55. The number of carbonyl (C=O) groups excluding carboxylic acids is 1. The van der Waals surface area contributed by atoms with Gasteiger partial charge in [0.2, 0.25) is 0 Å². The lowest BCUT2D eigenvalue weighted by Gasteiger charge is -2.26. The normalized spacial score (nSPS) is 11.3. The summed E-state index contributed by atoms with van der Waals surface area (Å²) in [5, 5.41) is 4.39. The third kappa shape index (κ3) is 4.63. The lowest BCUT2D eigenvalue weighted by atomic mass is 9.97. The molecule has 0 fully saturated rings. The summed E-state index contributed by atoms with van der Waals surface area (Å²) in [6, 6.07) is 16.4. The fraction of sp³-hybridized carbons (Fsp3) is 0.292. The molecule has 2 aromatic carbocycles. The first-order valence-corrected chi connectivity index (χ1v) is 10.7. The Morgan fingerprint density at radius 3 is 2.11 bits per heavy atom. The van der Waals surface area contributed by atoms with Crippen molar-refractivity contribution in [3.63, 3.8) is 0 Å². The quantitative estimate of drug-likeness (QED) is 0.368. The number of aryl methyl sites for hydroxylation is 3. The fourth-order valence-electron chi connectivity index (χ4n) is 3.20. The molecule has 0 unspecified atom stereocenters. The summed E-state index contributed by atoms with van der Waals surface area (Å²) in [6.07, 6.45) is 0. The van der Waals surface area contributed by atoms with Crippen molar-refractivity contribution >= 4 is 16.4 Å². The minimum Gasteiger partial charge on any atom is -0.481 e. The van der Waals surface area contributed by atoms with Crippen LogP contribution < -0.4 is 4.74 Å². The Kier molecular flexibility index (Phi) is 5.90. The van der Waals surface area contributed by atoms with E-state index in [1.54, 1.807) is 0 Å². The molecule has 0 aliphatic heterocycles. The molecule has 3 rings (SSSR count). The highest BCUT2D eigenvalue weighted by atomic mass is 32.2. The predicted octanol–water partition coefficient (Wildman–Crippen LogP) is 6.21. The van der Waals surface area contributed by atoms with Crippen LogP contribution in [0, 0.1) is 20.8 Å². The molecule has 0 saturated carbocycles. The van der Waals surface area contributed by atoms with Crippen molar-refractivity contribution in [2.75, 3.05) is 6.61 Å². The molecule has 0 N–H and O–H groups in total. The minimum absolute atomic E-state index is 0.0231. The standard InChI is InChI=1S/C24H27O3S/c1-17-8-10-20(11-9-17)24(4,5)27-22(25)16-26-23-18(2)14-21(15-19(23)3)28-12-6-7-13-28/h6-15H,16H2,1-5H3/q+1. The zero-order valence-electron chi connectivity index (χ0n) is 17.1. The highest BCUT2D eigenvalue weighted by Gasteiger charge is 2.26. The number of thiophene rings is 1. The van der Waals surface area contributed by atoms with E-state index < -0.39 is 5.60 Å². The molecule has 1 heterocycles. The van der Waals surface area contributed by atoms with Crippen molar-refractivity contribution in [1.29, 1.82) is 0 Å². The van der Waals surface area contributed by atoms with Crippen molar-refractivity contribution in [2.45, 2.75) is 40.2 Å². The van der Waals surface area contributed by atoms with Gasteiger partial charge >= 0.3 is 5.97 Å².